The molecule has 0 unspecified atom stereocenters. The van der Waals surface area contributed by atoms with E-state index in [4.69, 9.17) is 4.74 Å². The van der Waals surface area contributed by atoms with Gasteiger partial charge < -0.3 is 4.74 Å². The molecule has 0 saturated carbocycles. The lowest BCUT2D eigenvalue weighted by Crippen LogP contribution is -1.90. The molecule has 0 radical (unpaired) electrons. The molecular weight excluding hydrogens is 256 g/mol. The van der Waals surface area contributed by atoms with Crippen molar-refractivity contribution >= 4 is 10.8 Å². The van der Waals surface area contributed by atoms with Crippen LogP contribution in [0.5, 0.6) is 5.75 Å². The van der Waals surface area contributed by atoms with Gasteiger partial charge in [0.05, 0.1) is 7.11 Å². The highest BCUT2D eigenvalue weighted by molar-refractivity contribution is 5.89. The standard InChI is InChI=1S/C20H20O/c1-4-15-6-5-7-20(14(15)2)18-9-8-17-13-19(21-3)11-10-16(17)12-18/h5-13H,4H2,1-3H3. The largest absolute Gasteiger partial charge is 0.497 e. The summed E-state index contributed by atoms with van der Waals surface area (Å²) in [4.78, 5) is 0. The van der Waals surface area contributed by atoms with Crippen molar-refractivity contribution in [1.82, 2.24) is 0 Å². The van der Waals surface area contributed by atoms with Gasteiger partial charge in [0.15, 0.2) is 0 Å². The number of ether oxygens (including phenoxy) is 1. The van der Waals surface area contributed by atoms with Gasteiger partial charge in [0.2, 0.25) is 0 Å². The van der Waals surface area contributed by atoms with Crippen molar-refractivity contribution in [2.24, 2.45) is 0 Å². The van der Waals surface area contributed by atoms with Crippen LogP contribution in [0.1, 0.15) is 18.1 Å². The van der Waals surface area contributed by atoms with Crippen molar-refractivity contribution in [2.45, 2.75) is 20.3 Å². The van der Waals surface area contributed by atoms with Crippen LogP contribution in [0, 0.1) is 6.92 Å². The Balaban J connectivity index is 2.13. The van der Waals surface area contributed by atoms with Crippen LogP contribution in [0.15, 0.2) is 54.6 Å². The van der Waals surface area contributed by atoms with Crippen molar-refractivity contribution in [3.8, 4) is 16.9 Å². The summed E-state index contributed by atoms with van der Waals surface area (Å²) in [5.74, 6) is 0.902. The quantitative estimate of drug-likeness (QED) is 0.623. The molecule has 0 saturated heterocycles. The second kappa shape index (κ2) is 5.61. The van der Waals surface area contributed by atoms with Crippen LogP contribution in [0.4, 0.5) is 0 Å². The van der Waals surface area contributed by atoms with E-state index in [-0.39, 0.29) is 0 Å². The predicted octanol–water partition coefficient (Wildman–Crippen LogP) is 5.39. The second-order valence-electron chi connectivity index (χ2n) is 5.37. The van der Waals surface area contributed by atoms with Gasteiger partial charge in [-0.1, -0.05) is 43.3 Å². The number of rotatable bonds is 3. The molecule has 0 aromatic heterocycles. The van der Waals surface area contributed by atoms with Gasteiger partial charge in [0.1, 0.15) is 5.75 Å². The molecule has 1 heteroatoms. The summed E-state index contributed by atoms with van der Waals surface area (Å²) in [5, 5.41) is 2.46. The molecule has 0 amide bonds. The average Bonchev–Trinajstić information content (AvgIpc) is 2.54. The lowest BCUT2D eigenvalue weighted by atomic mass is 9.94. The fraction of sp³-hybridized carbons (Fsp3) is 0.200. The topological polar surface area (TPSA) is 9.23 Å². The lowest BCUT2D eigenvalue weighted by Gasteiger charge is -2.11. The van der Waals surface area contributed by atoms with Crippen LogP contribution in [0.25, 0.3) is 21.9 Å². The van der Waals surface area contributed by atoms with Gasteiger partial charge in [-0.3, -0.25) is 0 Å². The molecule has 0 aliphatic carbocycles. The Labute approximate surface area is 126 Å². The van der Waals surface area contributed by atoms with E-state index < -0.39 is 0 Å². The number of hydrogen-bond acceptors (Lipinski definition) is 1. The Morgan fingerprint density at radius 1 is 0.905 bits per heavy atom. The maximum absolute atomic E-state index is 5.29. The van der Waals surface area contributed by atoms with Gasteiger partial charge in [-0.15, -0.1) is 0 Å². The summed E-state index contributed by atoms with van der Waals surface area (Å²) in [5.41, 5.74) is 5.41. The third-order valence-electron chi connectivity index (χ3n) is 4.19. The van der Waals surface area contributed by atoms with E-state index in [1.165, 1.54) is 33.0 Å². The van der Waals surface area contributed by atoms with E-state index >= 15 is 0 Å². The molecule has 0 bridgehead atoms. The fourth-order valence-corrected chi connectivity index (χ4v) is 2.90. The highest BCUT2D eigenvalue weighted by Crippen LogP contribution is 2.30. The van der Waals surface area contributed by atoms with E-state index in [0.717, 1.165) is 12.2 Å². The molecule has 3 aromatic carbocycles. The number of methoxy groups -OCH3 is 1. The van der Waals surface area contributed by atoms with Crippen molar-refractivity contribution < 1.29 is 4.74 Å². The van der Waals surface area contributed by atoms with Crippen molar-refractivity contribution in [1.29, 1.82) is 0 Å². The Morgan fingerprint density at radius 3 is 2.43 bits per heavy atom. The maximum Gasteiger partial charge on any atom is 0.119 e. The number of aryl methyl sites for hydroxylation is 1. The summed E-state index contributed by atoms with van der Waals surface area (Å²) in [6, 6.07) is 19.4. The van der Waals surface area contributed by atoms with Crippen LogP contribution in [0.3, 0.4) is 0 Å². The van der Waals surface area contributed by atoms with Gasteiger partial charge in [0, 0.05) is 0 Å². The summed E-state index contributed by atoms with van der Waals surface area (Å²) >= 11 is 0. The highest BCUT2D eigenvalue weighted by atomic mass is 16.5. The van der Waals surface area contributed by atoms with Crippen molar-refractivity contribution in [3.05, 3.63) is 65.7 Å². The van der Waals surface area contributed by atoms with Crippen LogP contribution < -0.4 is 4.74 Å². The SMILES string of the molecule is CCc1cccc(-c2ccc3cc(OC)ccc3c2)c1C. The molecule has 0 heterocycles. The fourth-order valence-electron chi connectivity index (χ4n) is 2.90. The van der Waals surface area contributed by atoms with Crippen molar-refractivity contribution in [2.75, 3.05) is 7.11 Å². The normalized spacial score (nSPS) is 10.8. The van der Waals surface area contributed by atoms with Gasteiger partial charge in [-0.2, -0.15) is 0 Å². The molecule has 0 fully saturated rings. The average molecular weight is 276 g/mol. The molecule has 0 N–H and O–H groups in total. The molecule has 0 spiro atoms. The molecule has 0 aliphatic rings. The predicted molar refractivity (Wildman–Crippen MR) is 90.1 cm³/mol. The summed E-state index contributed by atoms with van der Waals surface area (Å²) in [7, 11) is 1.70. The first-order chi connectivity index (χ1) is 10.2. The van der Waals surface area contributed by atoms with Crippen molar-refractivity contribution in [3.63, 3.8) is 0 Å². The molecule has 3 rings (SSSR count). The van der Waals surface area contributed by atoms with Gasteiger partial charge in [-0.25, -0.2) is 0 Å². The molecule has 3 aromatic rings. The van der Waals surface area contributed by atoms with Crippen LogP contribution in [-0.4, -0.2) is 7.11 Å². The summed E-state index contributed by atoms with van der Waals surface area (Å²) in [6.45, 7) is 4.42. The number of hydrogen-bond donors (Lipinski definition) is 0. The van der Waals surface area contributed by atoms with Gasteiger partial charge in [-0.05, 0) is 64.6 Å². The Morgan fingerprint density at radius 2 is 1.67 bits per heavy atom. The molecule has 0 atom stereocenters. The molecular formula is C20H20O. The first-order valence-electron chi connectivity index (χ1n) is 7.39. The second-order valence-corrected chi connectivity index (χ2v) is 5.37. The van der Waals surface area contributed by atoms with E-state index in [9.17, 15) is 0 Å². The van der Waals surface area contributed by atoms with E-state index in [1.54, 1.807) is 7.11 Å². The number of benzene rings is 3. The van der Waals surface area contributed by atoms with Gasteiger partial charge in [0.25, 0.3) is 0 Å². The zero-order valence-electron chi connectivity index (χ0n) is 12.8. The lowest BCUT2D eigenvalue weighted by molar-refractivity contribution is 0.415. The summed E-state index contributed by atoms with van der Waals surface area (Å²) in [6.07, 6.45) is 1.07. The molecule has 21 heavy (non-hydrogen) atoms. The summed E-state index contributed by atoms with van der Waals surface area (Å²) < 4.78 is 5.29. The smallest absolute Gasteiger partial charge is 0.119 e. The zero-order chi connectivity index (χ0) is 14.8. The first-order valence-corrected chi connectivity index (χ1v) is 7.39. The molecule has 0 aliphatic heterocycles. The van der Waals surface area contributed by atoms with Crippen LogP contribution in [-0.2, 0) is 6.42 Å². The number of fused-ring (bicyclic) bond motifs is 1. The minimum Gasteiger partial charge on any atom is -0.497 e. The first kappa shape index (κ1) is 13.7. The van der Waals surface area contributed by atoms with E-state index in [0.29, 0.717) is 0 Å². The minimum atomic E-state index is 0.902. The van der Waals surface area contributed by atoms with Crippen LogP contribution >= 0.6 is 0 Å². The molecule has 1 nitrogen and oxygen atoms in total. The molecule has 106 valence electrons. The Kier molecular flexibility index (Phi) is 3.66. The Hall–Kier alpha value is -2.28. The monoisotopic (exact) mass is 276 g/mol. The van der Waals surface area contributed by atoms with Gasteiger partial charge >= 0.3 is 0 Å². The van der Waals surface area contributed by atoms with E-state index in [1.807, 2.05) is 6.07 Å². The van der Waals surface area contributed by atoms with Crippen LogP contribution in [0.2, 0.25) is 0 Å². The highest BCUT2D eigenvalue weighted by Gasteiger charge is 2.06. The maximum atomic E-state index is 5.29. The zero-order valence-corrected chi connectivity index (χ0v) is 12.8. The third kappa shape index (κ3) is 2.52. The minimum absolute atomic E-state index is 0.902. The third-order valence-corrected chi connectivity index (χ3v) is 4.19. The van der Waals surface area contributed by atoms with E-state index in [2.05, 4.69) is 62.4 Å². The Bertz CT molecular complexity index is 787.